The van der Waals surface area contributed by atoms with Crippen molar-refractivity contribution in [1.82, 2.24) is 0 Å². The molecule has 3 aromatic carbocycles. The molecule has 0 radical (unpaired) electrons. The molecule has 6 heteroatoms. The van der Waals surface area contributed by atoms with E-state index in [2.05, 4.69) is 31.9 Å². The van der Waals surface area contributed by atoms with Crippen LogP contribution in [0.15, 0.2) is 51.4 Å². The normalized spacial score (nSPS) is 10.8. The zero-order valence-electron chi connectivity index (χ0n) is 12.4. The number of benzene rings is 3. The Balaban J connectivity index is 2.30. The van der Waals surface area contributed by atoms with E-state index >= 15 is 0 Å². The molecule has 0 spiro atoms. The zero-order chi connectivity index (χ0) is 17.4. The van der Waals surface area contributed by atoms with E-state index in [1.165, 1.54) is 0 Å². The van der Waals surface area contributed by atoms with Gasteiger partial charge in [0.1, 0.15) is 11.5 Å². The van der Waals surface area contributed by atoms with Gasteiger partial charge in [-0.15, -0.1) is 0 Å². The molecule has 0 aliphatic heterocycles. The van der Waals surface area contributed by atoms with Gasteiger partial charge >= 0.3 is 0 Å². The number of ether oxygens (including phenoxy) is 1. The van der Waals surface area contributed by atoms with E-state index in [-0.39, 0.29) is 17.1 Å². The number of carbonyl (C=O) groups is 1. The fraction of sp³-hybridized carbons (Fsp3) is 0.0556. The lowest BCUT2D eigenvalue weighted by molar-refractivity contribution is 0.103. The molecule has 3 aromatic rings. The number of hydrogen-bond acceptors (Lipinski definition) is 3. The van der Waals surface area contributed by atoms with Crippen LogP contribution < -0.4 is 4.74 Å². The lowest BCUT2D eigenvalue weighted by Gasteiger charge is -2.13. The summed E-state index contributed by atoms with van der Waals surface area (Å²) in [6.45, 7) is 0. The van der Waals surface area contributed by atoms with Crippen LogP contribution in [0.5, 0.6) is 11.5 Å². The fourth-order valence-corrected chi connectivity index (χ4v) is 3.58. The number of rotatable bonds is 3. The highest BCUT2D eigenvalue weighted by atomic mass is 79.9. The van der Waals surface area contributed by atoms with Gasteiger partial charge in [-0.2, -0.15) is 0 Å². The summed E-state index contributed by atoms with van der Waals surface area (Å²) in [7, 11) is 1.55. The van der Waals surface area contributed by atoms with E-state index in [1.54, 1.807) is 43.5 Å². The highest BCUT2D eigenvalue weighted by molar-refractivity contribution is 9.11. The van der Waals surface area contributed by atoms with Gasteiger partial charge in [-0.3, -0.25) is 4.79 Å². The maximum absolute atomic E-state index is 13.0. The molecule has 122 valence electrons. The van der Waals surface area contributed by atoms with Crippen LogP contribution in [0.25, 0.3) is 10.8 Å². The predicted molar refractivity (Wildman–Crippen MR) is 102 cm³/mol. The minimum absolute atomic E-state index is 0.105. The first-order valence-corrected chi connectivity index (χ1v) is 8.87. The number of halogens is 3. The third-order valence-corrected chi connectivity index (χ3v) is 5.15. The van der Waals surface area contributed by atoms with Crippen LogP contribution in [-0.4, -0.2) is 18.0 Å². The largest absolute Gasteiger partial charge is 0.506 e. The third kappa shape index (κ3) is 3.04. The number of aromatic hydroxyl groups is 1. The van der Waals surface area contributed by atoms with Gasteiger partial charge in [-0.1, -0.05) is 11.6 Å². The summed E-state index contributed by atoms with van der Waals surface area (Å²) in [5.74, 6) is 0.182. The maximum Gasteiger partial charge on any atom is 0.197 e. The molecule has 0 aromatic heterocycles. The van der Waals surface area contributed by atoms with Gasteiger partial charge in [0.25, 0.3) is 0 Å². The van der Waals surface area contributed by atoms with Crippen LogP contribution in [0.3, 0.4) is 0 Å². The molecule has 0 unspecified atom stereocenters. The van der Waals surface area contributed by atoms with E-state index in [1.807, 2.05) is 6.07 Å². The number of phenols is 1. The van der Waals surface area contributed by atoms with Gasteiger partial charge in [0.2, 0.25) is 0 Å². The van der Waals surface area contributed by atoms with Crippen LogP contribution in [0.1, 0.15) is 15.9 Å². The van der Waals surface area contributed by atoms with Crippen LogP contribution in [-0.2, 0) is 0 Å². The zero-order valence-corrected chi connectivity index (χ0v) is 16.4. The minimum atomic E-state index is -0.292. The van der Waals surface area contributed by atoms with E-state index in [0.29, 0.717) is 26.2 Å². The molecule has 3 nitrogen and oxygen atoms in total. The number of phenolic OH excluding ortho intramolecular Hbond substituents is 1. The van der Waals surface area contributed by atoms with Crippen molar-refractivity contribution >= 4 is 60.0 Å². The first-order chi connectivity index (χ1) is 11.4. The quantitative estimate of drug-likeness (QED) is 0.480. The summed E-state index contributed by atoms with van der Waals surface area (Å²) < 4.78 is 6.52. The number of methoxy groups -OCH3 is 1. The molecule has 0 aliphatic carbocycles. The second kappa shape index (κ2) is 6.75. The monoisotopic (exact) mass is 468 g/mol. The molecule has 0 amide bonds. The average Bonchev–Trinajstić information content (AvgIpc) is 2.56. The summed E-state index contributed by atoms with van der Waals surface area (Å²) in [4.78, 5) is 13.0. The molecule has 0 saturated heterocycles. The molecule has 0 bridgehead atoms. The Morgan fingerprint density at radius 3 is 2.33 bits per heavy atom. The smallest absolute Gasteiger partial charge is 0.197 e. The Hall–Kier alpha value is -1.56. The van der Waals surface area contributed by atoms with E-state index in [0.717, 1.165) is 9.86 Å². The summed E-state index contributed by atoms with van der Waals surface area (Å²) >= 11 is 12.6. The van der Waals surface area contributed by atoms with Crippen molar-refractivity contribution in [2.75, 3.05) is 7.11 Å². The summed E-state index contributed by atoms with van der Waals surface area (Å²) in [6, 6.07) is 11.9. The van der Waals surface area contributed by atoms with Crippen LogP contribution in [0.4, 0.5) is 0 Å². The lowest BCUT2D eigenvalue weighted by atomic mass is 9.96. The van der Waals surface area contributed by atoms with Crippen molar-refractivity contribution < 1.29 is 14.6 Å². The Morgan fingerprint density at radius 2 is 1.71 bits per heavy atom. The first kappa shape index (κ1) is 17.3. The molecule has 0 fully saturated rings. The number of ketones is 1. The van der Waals surface area contributed by atoms with Gasteiger partial charge in [0.05, 0.1) is 21.6 Å². The van der Waals surface area contributed by atoms with Crippen LogP contribution in [0, 0.1) is 0 Å². The minimum Gasteiger partial charge on any atom is -0.506 e. The second-order valence-electron chi connectivity index (χ2n) is 5.13. The van der Waals surface area contributed by atoms with Crippen molar-refractivity contribution in [3.8, 4) is 11.5 Å². The molecule has 0 saturated carbocycles. The van der Waals surface area contributed by atoms with Crippen molar-refractivity contribution in [3.63, 3.8) is 0 Å². The van der Waals surface area contributed by atoms with Crippen molar-refractivity contribution in [2.45, 2.75) is 0 Å². The molecular formula is C18H11Br2ClO3. The fourth-order valence-electron chi connectivity index (χ4n) is 2.49. The Kier molecular flexibility index (Phi) is 4.85. The first-order valence-electron chi connectivity index (χ1n) is 6.91. The third-order valence-electron chi connectivity index (χ3n) is 3.67. The summed E-state index contributed by atoms with van der Waals surface area (Å²) in [5.41, 5.74) is 0.656. The highest BCUT2D eigenvalue weighted by Crippen LogP contribution is 2.40. The SMILES string of the molecule is COc1cc2c(C(=O)c3ccc(Cl)cc3)c(O)c(Br)cc2cc1Br. The number of carbonyl (C=O) groups excluding carboxylic acids is 1. The van der Waals surface area contributed by atoms with Crippen molar-refractivity contribution in [1.29, 1.82) is 0 Å². The highest BCUT2D eigenvalue weighted by Gasteiger charge is 2.21. The van der Waals surface area contributed by atoms with Crippen molar-refractivity contribution in [3.05, 3.63) is 67.6 Å². The molecule has 0 heterocycles. The Morgan fingerprint density at radius 1 is 1.08 bits per heavy atom. The summed E-state index contributed by atoms with van der Waals surface area (Å²) in [6.07, 6.45) is 0. The molecule has 1 N–H and O–H groups in total. The van der Waals surface area contributed by atoms with Gasteiger partial charge in [-0.25, -0.2) is 0 Å². The van der Waals surface area contributed by atoms with E-state index in [9.17, 15) is 9.90 Å². The standard InChI is InChI=1S/C18H11Br2ClO3/c1-24-15-8-12-10(6-13(15)19)7-14(20)18(23)16(12)17(22)9-2-4-11(21)5-3-9/h2-8,23H,1H3. The average molecular weight is 471 g/mol. The van der Waals surface area contributed by atoms with E-state index < -0.39 is 0 Å². The van der Waals surface area contributed by atoms with Crippen LogP contribution >= 0.6 is 43.5 Å². The second-order valence-corrected chi connectivity index (χ2v) is 7.27. The molecule has 24 heavy (non-hydrogen) atoms. The van der Waals surface area contributed by atoms with Crippen molar-refractivity contribution in [2.24, 2.45) is 0 Å². The lowest BCUT2D eigenvalue weighted by Crippen LogP contribution is -2.03. The van der Waals surface area contributed by atoms with Crippen LogP contribution in [0.2, 0.25) is 5.02 Å². The topological polar surface area (TPSA) is 46.5 Å². The molecule has 3 rings (SSSR count). The molecule has 0 aliphatic rings. The summed E-state index contributed by atoms with van der Waals surface area (Å²) in [5, 5.41) is 12.4. The van der Waals surface area contributed by atoms with Gasteiger partial charge in [0.15, 0.2) is 5.78 Å². The number of fused-ring (bicyclic) bond motifs is 1. The predicted octanol–water partition coefficient (Wildman–Crippen LogP) is 5.96. The molecule has 0 atom stereocenters. The Labute approximate surface area is 160 Å². The Bertz CT molecular complexity index is 953. The molecular weight excluding hydrogens is 459 g/mol. The van der Waals surface area contributed by atoms with E-state index in [4.69, 9.17) is 16.3 Å². The van der Waals surface area contributed by atoms with Gasteiger partial charge in [-0.05, 0) is 79.7 Å². The van der Waals surface area contributed by atoms with Gasteiger partial charge < -0.3 is 9.84 Å². The maximum atomic E-state index is 13.0. The van der Waals surface area contributed by atoms with Gasteiger partial charge in [0, 0.05) is 16.0 Å². The number of hydrogen-bond donors (Lipinski definition) is 1.